The Hall–Kier alpha value is -3.47. The topological polar surface area (TPSA) is 79.4 Å². The van der Waals surface area contributed by atoms with Crippen LogP contribution in [0.2, 0.25) is 0 Å². The highest BCUT2D eigenvalue weighted by molar-refractivity contribution is 5.99. The summed E-state index contributed by atoms with van der Waals surface area (Å²) in [5.41, 5.74) is 3.35. The molecule has 1 amide bonds. The van der Waals surface area contributed by atoms with Crippen LogP contribution in [0.5, 0.6) is 0 Å². The molecule has 0 unspecified atom stereocenters. The molecule has 3 aromatic rings. The molecule has 1 spiro atoms. The maximum atomic E-state index is 12.4. The van der Waals surface area contributed by atoms with Crippen molar-refractivity contribution in [2.75, 3.05) is 37.4 Å². The van der Waals surface area contributed by atoms with E-state index in [-0.39, 0.29) is 11.8 Å². The van der Waals surface area contributed by atoms with Gasteiger partial charge in [0.25, 0.3) is 0 Å². The van der Waals surface area contributed by atoms with Gasteiger partial charge in [0.15, 0.2) is 0 Å². The lowest BCUT2D eigenvalue weighted by molar-refractivity contribution is -0.195. The molecule has 3 fully saturated rings. The van der Waals surface area contributed by atoms with Gasteiger partial charge in [0.2, 0.25) is 5.91 Å². The van der Waals surface area contributed by atoms with Crippen molar-refractivity contribution in [3.63, 3.8) is 0 Å². The highest BCUT2D eigenvalue weighted by Crippen LogP contribution is 2.39. The summed E-state index contributed by atoms with van der Waals surface area (Å²) in [4.78, 5) is 23.9. The summed E-state index contributed by atoms with van der Waals surface area (Å²) in [6.45, 7) is 5.92. The Morgan fingerprint density at radius 1 is 1.17 bits per heavy atom. The lowest BCUT2D eigenvalue weighted by atomic mass is 9.82. The number of nitrogens with zero attached hydrogens (tertiary/aromatic N) is 3. The predicted molar refractivity (Wildman–Crippen MR) is 136 cm³/mol. The zero-order valence-corrected chi connectivity index (χ0v) is 20.1. The second-order valence-electron chi connectivity index (χ2n) is 10.0. The van der Waals surface area contributed by atoms with E-state index >= 15 is 0 Å². The van der Waals surface area contributed by atoms with Crippen LogP contribution in [0.25, 0.3) is 10.8 Å². The number of ether oxygens (including phenoxy) is 1. The van der Waals surface area contributed by atoms with Crippen LogP contribution in [-0.4, -0.2) is 53.1 Å². The van der Waals surface area contributed by atoms with E-state index in [0.717, 1.165) is 60.4 Å². The first kappa shape index (κ1) is 22.0. The summed E-state index contributed by atoms with van der Waals surface area (Å²) in [7, 11) is 1.83. The lowest BCUT2D eigenvalue weighted by Gasteiger charge is -2.57. The molecule has 0 radical (unpaired) electrons. The van der Waals surface area contributed by atoms with Crippen molar-refractivity contribution in [3.8, 4) is 11.8 Å². The number of likely N-dealkylation sites (tertiary alicyclic amines) is 1. The number of fused-ring (bicyclic) bond motifs is 1. The van der Waals surface area contributed by atoms with Gasteiger partial charge in [0.1, 0.15) is 11.6 Å². The molecule has 0 bridgehead atoms. The number of anilines is 2. The van der Waals surface area contributed by atoms with Crippen molar-refractivity contribution in [1.29, 1.82) is 0 Å². The van der Waals surface area contributed by atoms with E-state index in [1.165, 1.54) is 12.0 Å². The zero-order chi connectivity index (χ0) is 24.0. The van der Waals surface area contributed by atoms with Crippen molar-refractivity contribution in [2.45, 2.75) is 31.8 Å². The number of hydrogen-bond donors (Lipinski definition) is 2. The fraction of sp³-hybridized carbons (Fsp3) is 0.393. The number of carbonyl (C=O) groups excluding carboxylic acids is 1. The predicted octanol–water partition coefficient (Wildman–Crippen LogP) is 3.64. The van der Waals surface area contributed by atoms with Crippen LogP contribution in [0.3, 0.4) is 0 Å². The largest absolute Gasteiger partial charge is 0.377 e. The van der Waals surface area contributed by atoms with Crippen LogP contribution < -0.4 is 10.6 Å². The van der Waals surface area contributed by atoms with Crippen LogP contribution in [0, 0.1) is 23.7 Å². The molecule has 2 aliphatic heterocycles. The molecule has 7 nitrogen and oxygen atoms in total. The van der Waals surface area contributed by atoms with Crippen molar-refractivity contribution < 1.29 is 9.53 Å². The molecule has 2 aromatic heterocycles. The number of nitrogens with one attached hydrogen (secondary N) is 2. The van der Waals surface area contributed by atoms with Gasteiger partial charge < -0.3 is 15.4 Å². The van der Waals surface area contributed by atoms with Gasteiger partial charge in [0.05, 0.1) is 24.3 Å². The van der Waals surface area contributed by atoms with Crippen LogP contribution >= 0.6 is 0 Å². The number of pyridine rings is 2. The smallest absolute Gasteiger partial charge is 0.228 e. The minimum atomic E-state index is 0.0361. The first-order valence-corrected chi connectivity index (χ1v) is 12.3. The highest BCUT2D eigenvalue weighted by atomic mass is 16.5. The monoisotopic (exact) mass is 467 g/mol. The second-order valence-corrected chi connectivity index (χ2v) is 10.0. The van der Waals surface area contributed by atoms with Gasteiger partial charge in [-0.05, 0) is 42.5 Å². The Morgan fingerprint density at radius 2 is 1.97 bits per heavy atom. The summed E-state index contributed by atoms with van der Waals surface area (Å²) in [5.74, 6) is 8.42. The Balaban J connectivity index is 1.23. The van der Waals surface area contributed by atoms with Crippen molar-refractivity contribution in [1.82, 2.24) is 14.9 Å². The fourth-order valence-electron chi connectivity index (χ4n) is 4.96. The molecule has 4 heterocycles. The van der Waals surface area contributed by atoms with Gasteiger partial charge in [-0.25, -0.2) is 9.97 Å². The SMILES string of the molecule is CNc1ncc(C#Cc2ccc(CN3CCC34COC4)cc2)c2cc(NC(=O)[C@H]3C[C@H]3C)ncc12. The van der Waals surface area contributed by atoms with Gasteiger partial charge >= 0.3 is 0 Å². The molecule has 1 aliphatic carbocycles. The quantitative estimate of drug-likeness (QED) is 0.558. The Kier molecular flexibility index (Phi) is 5.43. The van der Waals surface area contributed by atoms with E-state index in [2.05, 4.69) is 68.5 Å². The van der Waals surface area contributed by atoms with E-state index in [9.17, 15) is 4.79 Å². The number of amides is 1. The number of rotatable bonds is 5. The minimum Gasteiger partial charge on any atom is -0.377 e. The van der Waals surface area contributed by atoms with Crippen LogP contribution in [0.4, 0.5) is 11.6 Å². The molecule has 1 saturated carbocycles. The summed E-state index contributed by atoms with van der Waals surface area (Å²) in [6.07, 6.45) is 5.70. The van der Waals surface area contributed by atoms with Gasteiger partial charge in [0, 0.05) is 54.8 Å². The van der Waals surface area contributed by atoms with Gasteiger partial charge in [-0.3, -0.25) is 9.69 Å². The Bertz CT molecular complexity index is 1350. The normalized spacial score (nSPS) is 22.0. The first-order valence-electron chi connectivity index (χ1n) is 12.3. The van der Waals surface area contributed by atoms with Gasteiger partial charge in [-0.15, -0.1) is 0 Å². The molecule has 2 saturated heterocycles. The molecule has 7 heteroatoms. The summed E-state index contributed by atoms with van der Waals surface area (Å²) in [6, 6.07) is 10.4. The third-order valence-electron chi connectivity index (χ3n) is 7.63. The molecular formula is C28H29N5O2. The zero-order valence-electron chi connectivity index (χ0n) is 20.1. The van der Waals surface area contributed by atoms with Gasteiger partial charge in [-0.2, -0.15) is 0 Å². The average molecular weight is 468 g/mol. The maximum Gasteiger partial charge on any atom is 0.228 e. The fourth-order valence-corrected chi connectivity index (χ4v) is 4.96. The molecule has 35 heavy (non-hydrogen) atoms. The molecule has 1 aromatic carbocycles. The third-order valence-corrected chi connectivity index (χ3v) is 7.63. The van der Waals surface area contributed by atoms with Crippen molar-refractivity contribution in [3.05, 3.63) is 59.4 Å². The summed E-state index contributed by atoms with van der Waals surface area (Å²) < 4.78 is 5.44. The number of aromatic nitrogens is 2. The van der Waals surface area contributed by atoms with E-state index in [4.69, 9.17) is 4.74 Å². The Labute approximate surface area is 205 Å². The van der Waals surface area contributed by atoms with Crippen LogP contribution in [-0.2, 0) is 16.1 Å². The van der Waals surface area contributed by atoms with E-state index < -0.39 is 0 Å². The maximum absolute atomic E-state index is 12.4. The average Bonchev–Trinajstić information content (AvgIpc) is 3.56. The standard InChI is InChI=1S/C28H29N5O2/c1-18-11-22(18)27(34)32-25-12-23-21(13-31-26(29-2)24(23)14-30-25)8-7-19-3-5-20(6-4-19)15-33-10-9-28(33)16-35-17-28/h3-6,12-14,18,22H,9-11,15-17H2,1-2H3,(H,29,31)(H,30,32,34)/t18-,22+/m1/s1. The first-order chi connectivity index (χ1) is 17.0. The second kappa shape index (κ2) is 8.63. The molecular weight excluding hydrogens is 438 g/mol. The molecule has 2 N–H and O–H groups in total. The van der Waals surface area contributed by atoms with Gasteiger partial charge in [-0.1, -0.05) is 30.9 Å². The summed E-state index contributed by atoms with van der Waals surface area (Å²) >= 11 is 0. The van der Waals surface area contributed by atoms with Crippen LogP contribution in [0.15, 0.2) is 42.7 Å². The third kappa shape index (κ3) is 4.13. The number of benzene rings is 1. The Morgan fingerprint density at radius 3 is 2.60 bits per heavy atom. The van der Waals surface area contributed by atoms with Crippen molar-refractivity contribution >= 4 is 28.3 Å². The molecule has 178 valence electrons. The molecule has 6 rings (SSSR count). The van der Waals surface area contributed by atoms with E-state index in [0.29, 0.717) is 17.3 Å². The van der Waals surface area contributed by atoms with Crippen LogP contribution in [0.1, 0.15) is 36.5 Å². The lowest BCUT2D eigenvalue weighted by Crippen LogP contribution is -2.70. The van der Waals surface area contributed by atoms with E-state index in [1.54, 1.807) is 12.4 Å². The summed E-state index contributed by atoms with van der Waals surface area (Å²) in [5, 5.41) is 7.85. The number of carbonyl (C=O) groups is 1. The van der Waals surface area contributed by atoms with E-state index in [1.807, 2.05) is 13.1 Å². The number of hydrogen-bond acceptors (Lipinski definition) is 6. The highest BCUT2D eigenvalue weighted by Gasteiger charge is 2.50. The van der Waals surface area contributed by atoms with Crippen molar-refractivity contribution in [2.24, 2.45) is 11.8 Å². The molecule has 2 atom stereocenters. The minimum absolute atomic E-state index is 0.0361. The molecule has 3 aliphatic rings.